The molecule has 2 N–H and O–H groups in total. The van der Waals surface area contributed by atoms with Crippen LogP contribution in [-0.4, -0.2) is 19.1 Å². The molecule has 0 saturated heterocycles. The molecule has 0 heterocycles. The van der Waals surface area contributed by atoms with Gasteiger partial charge in [0, 0.05) is 25.7 Å². The molecule has 21 heavy (non-hydrogen) atoms. The van der Waals surface area contributed by atoms with Gasteiger partial charge in [0.1, 0.15) is 5.75 Å². The van der Waals surface area contributed by atoms with Gasteiger partial charge >= 0.3 is 0 Å². The van der Waals surface area contributed by atoms with Gasteiger partial charge in [0.15, 0.2) is 0 Å². The summed E-state index contributed by atoms with van der Waals surface area (Å²) in [6, 6.07) is 12.2. The third kappa shape index (κ3) is 3.42. The molecule has 0 aliphatic heterocycles. The van der Waals surface area contributed by atoms with E-state index in [9.17, 15) is 10.1 Å². The second-order valence-corrected chi connectivity index (χ2v) is 4.71. The Hall–Kier alpha value is -2.76. The second-order valence-electron chi connectivity index (χ2n) is 4.71. The molecule has 2 aromatic carbocycles. The van der Waals surface area contributed by atoms with Gasteiger partial charge in [-0.25, -0.2) is 0 Å². The molecule has 0 spiro atoms. The first kappa shape index (κ1) is 14.6. The van der Waals surface area contributed by atoms with E-state index in [4.69, 9.17) is 10.5 Å². The van der Waals surface area contributed by atoms with Crippen LogP contribution in [-0.2, 0) is 6.54 Å². The van der Waals surface area contributed by atoms with Crippen LogP contribution in [0.25, 0.3) is 0 Å². The Labute approximate surface area is 122 Å². The lowest BCUT2D eigenvalue weighted by molar-refractivity contribution is -0.384. The number of hydrogen-bond acceptors (Lipinski definition) is 5. The second kappa shape index (κ2) is 6.13. The molecule has 0 aliphatic carbocycles. The Morgan fingerprint density at radius 3 is 2.67 bits per heavy atom. The Kier molecular flexibility index (Phi) is 4.27. The maximum Gasteiger partial charge on any atom is 0.271 e. The average Bonchev–Trinajstić information content (AvgIpc) is 2.47. The number of ether oxygens (including phenoxy) is 1. The molecule has 0 amide bonds. The summed E-state index contributed by atoms with van der Waals surface area (Å²) in [6.45, 7) is 0.624. The van der Waals surface area contributed by atoms with E-state index in [0.717, 1.165) is 17.0 Å². The van der Waals surface area contributed by atoms with Crippen molar-refractivity contribution < 1.29 is 9.66 Å². The first-order valence-electron chi connectivity index (χ1n) is 6.39. The normalized spacial score (nSPS) is 10.2. The van der Waals surface area contributed by atoms with Crippen molar-refractivity contribution in [1.82, 2.24) is 0 Å². The molecule has 0 bridgehead atoms. The number of nitrogens with zero attached hydrogens (tertiary/aromatic N) is 2. The van der Waals surface area contributed by atoms with E-state index in [2.05, 4.69) is 0 Å². The summed E-state index contributed by atoms with van der Waals surface area (Å²) in [5.74, 6) is 0.789. The van der Waals surface area contributed by atoms with Crippen molar-refractivity contribution in [2.24, 2.45) is 0 Å². The predicted octanol–water partition coefficient (Wildman–Crippen LogP) is 2.82. The standard InChI is InChI=1S/C15H17N3O3/c1-17(10-11-4-3-5-13(8-11)21-2)15-7-6-12(18(19)20)9-14(15)16/h3-9H,10,16H2,1-2H3. The Morgan fingerprint density at radius 2 is 2.05 bits per heavy atom. The van der Waals surface area contributed by atoms with E-state index in [1.807, 2.05) is 36.2 Å². The lowest BCUT2D eigenvalue weighted by Gasteiger charge is -2.21. The highest BCUT2D eigenvalue weighted by atomic mass is 16.6. The predicted molar refractivity (Wildman–Crippen MR) is 82.6 cm³/mol. The Balaban J connectivity index is 2.19. The van der Waals surface area contributed by atoms with Crippen LogP contribution in [0.5, 0.6) is 5.75 Å². The lowest BCUT2D eigenvalue weighted by atomic mass is 10.1. The summed E-state index contributed by atoms with van der Waals surface area (Å²) in [7, 11) is 3.51. The largest absolute Gasteiger partial charge is 0.497 e. The maximum absolute atomic E-state index is 10.7. The fourth-order valence-electron chi connectivity index (χ4n) is 2.13. The molecule has 0 radical (unpaired) electrons. The summed E-state index contributed by atoms with van der Waals surface area (Å²) in [4.78, 5) is 12.2. The molecule has 6 heteroatoms. The third-order valence-electron chi connectivity index (χ3n) is 3.19. The van der Waals surface area contributed by atoms with Gasteiger partial charge in [0.25, 0.3) is 5.69 Å². The van der Waals surface area contributed by atoms with Crippen molar-refractivity contribution in [2.75, 3.05) is 24.8 Å². The number of nitrogen functional groups attached to an aromatic ring is 1. The number of nitrogens with two attached hydrogens (primary N) is 1. The van der Waals surface area contributed by atoms with Crippen LogP contribution in [0, 0.1) is 10.1 Å². The lowest BCUT2D eigenvalue weighted by Crippen LogP contribution is -2.17. The molecule has 2 aromatic rings. The molecule has 0 atom stereocenters. The van der Waals surface area contributed by atoms with Gasteiger partial charge in [-0.1, -0.05) is 12.1 Å². The highest BCUT2D eigenvalue weighted by Crippen LogP contribution is 2.28. The van der Waals surface area contributed by atoms with E-state index >= 15 is 0 Å². The van der Waals surface area contributed by atoms with Gasteiger partial charge in [0.2, 0.25) is 0 Å². The minimum Gasteiger partial charge on any atom is -0.497 e. The Bertz CT molecular complexity index is 658. The number of hydrogen-bond donors (Lipinski definition) is 1. The highest BCUT2D eigenvalue weighted by Gasteiger charge is 2.12. The maximum atomic E-state index is 10.7. The summed E-state index contributed by atoms with van der Waals surface area (Å²) in [6.07, 6.45) is 0. The van der Waals surface area contributed by atoms with E-state index in [1.165, 1.54) is 12.1 Å². The highest BCUT2D eigenvalue weighted by molar-refractivity contribution is 5.70. The summed E-state index contributed by atoms with van der Waals surface area (Å²) < 4.78 is 5.19. The van der Waals surface area contributed by atoms with Crippen molar-refractivity contribution in [1.29, 1.82) is 0 Å². The molecular formula is C15H17N3O3. The monoisotopic (exact) mass is 287 g/mol. The molecule has 2 rings (SSSR count). The van der Waals surface area contributed by atoms with Crippen LogP contribution in [0.1, 0.15) is 5.56 Å². The fourth-order valence-corrected chi connectivity index (χ4v) is 2.13. The number of non-ortho nitro benzene ring substituents is 1. The van der Waals surface area contributed by atoms with Gasteiger partial charge in [-0.2, -0.15) is 0 Å². The quantitative estimate of drug-likeness (QED) is 0.519. The number of rotatable bonds is 5. The number of anilines is 2. The van der Waals surface area contributed by atoms with Crippen LogP contribution in [0.2, 0.25) is 0 Å². The topological polar surface area (TPSA) is 81.6 Å². The van der Waals surface area contributed by atoms with Gasteiger partial charge < -0.3 is 15.4 Å². The molecule has 6 nitrogen and oxygen atoms in total. The summed E-state index contributed by atoms with van der Waals surface area (Å²) in [5.41, 5.74) is 8.09. The van der Waals surface area contributed by atoms with E-state index in [0.29, 0.717) is 12.2 Å². The minimum absolute atomic E-state index is 0.00831. The first-order chi connectivity index (χ1) is 10.0. The van der Waals surface area contributed by atoms with Crippen molar-refractivity contribution in [3.05, 3.63) is 58.1 Å². The minimum atomic E-state index is -0.456. The molecule has 0 aromatic heterocycles. The summed E-state index contributed by atoms with van der Waals surface area (Å²) in [5, 5.41) is 10.7. The Morgan fingerprint density at radius 1 is 1.29 bits per heavy atom. The zero-order valence-electron chi connectivity index (χ0n) is 11.9. The summed E-state index contributed by atoms with van der Waals surface area (Å²) >= 11 is 0. The number of nitro benzene ring substituents is 1. The molecule has 0 saturated carbocycles. The van der Waals surface area contributed by atoms with E-state index < -0.39 is 4.92 Å². The first-order valence-corrected chi connectivity index (χ1v) is 6.39. The van der Waals surface area contributed by atoms with Gasteiger partial charge in [0.05, 0.1) is 23.4 Å². The van der Waals surface area contributed by atoms with Gasteiger partial charge in [-0.05, 0) is 23.8 Å². The van der Waals surface area contributed by atoms with Gasteiger partial charge in [-0.3, -0.25) is 10.1 Å². The number of nitro groups is 1. The zero-order chi connectivity index (χ0) is 15.4. The van der Waals surface area contributed by atoms with E-state index in [1.54, 1.807) is 13.2 Å². The fraction of sp³-hybridized carbons (Fsp3) is 0.200. The van der Waals surface area contributed by atoms with Crippen LogP contribution >= 0.6 is 0 Å². The average molecular weight is 287 g/mol. The van der Waals surface area contributed by atoms with Crippen LogP contribution < -0.4 is 15.4 Å². The van der Waals surface area contributed by atoms with Crippen molar-refractivity contribution in [3.63, 3.8) is 0 Å². The molecule has 0 unspecified atom stereocenters. The third-order valence-corrected chi connectivity index (χ3v) is 3.19. The zero-order valence-corrected chi connectivity index (χ0v) is 11.9. The molecular weight excluding hydrogens is 270 g/mol. The van der Waals surface area contributed by atoms with Crippen LogP contribution in [0.4, 0.5) is 17.1 Å². The molecule has 0 aliphatic rings. The van der Waals surface area contributed by atoms with Crippen molar-refractivity contribution in [2.45, 2.75) is 6.54 Å². The molecule has 0 fully saturated rings. The number of methoxy groups -OCH3 is 1. The van der Waals surface area contributed by atoms with E-state index in [-0.39, 0.29) is 5.69 Å². The SMILES string of the molecule is COc1cccc(CN(C)c2ccc([N+](=O)[O-])cc2N)c1. The van der Waals surface area contributed by atoms with Crippen LogP contribution in [0.3, 0.4) is 0 Å². The number of benzene rings is 2. The van der Waals surface area contributed by atoms with Gasteiger partial charge in [-0.15, -0.1) is 0 Å². The van der Waals surface area contributed by atoms with Crippen LogP contribution in [0.15, 0.2) is 42.5 Å². The van der Waals surface area contributed by atoms with Crippen molar-refractivity contribution in [3.8, 4) is 5.75 Å². The smallest absolute Gasteiger partial charge is 0.271 e. The van der Waals surface area contributed by atoms with Crippen molar-refractivity contribution >= 4 is 17.1 Å². The molecule has 110 valence electrons.